The number of aliphatic hydroxyl groups excluding tert-OH is 1. The summed E-state index contributed by atoms with van der Waals surface area (Å²) in [7, 11) is 1.54. The molecule has 1 saturated carbocycles. The van der Waals surface area contributed by atoms with E-state index in [1.165, 1.54) is 36.3 Å². The molecule has 4 rings (SSSR count). The number of hydrogen-bond donors (Lipinski definition) is 2. The molecule has 0 aromatic heterocycles. The van der Waals surface area contributed by atoms with Gasteiger partial charge in [-0.15, -0.1) is 0 Å². The molecule has 0 aliphatic heterocycles. The predicted molar refractivity (Wildman–Crippen MR) is 114 cm³/mol. The summed E-state index contributed by atoms with van der Waals surface area (Å²) in [5.41, 5.74) is 11.1. The molecule has 2 aromatic carbocycles. The summed E-state index contributed by atoms with van der Waals surface area (Å²) >= 11 is 0. The van der Waals surface area contributed by atoms with E-state index in [9.17, 15) is 9.50 Å². The quantitative estimate of drug-likeness (QED) is 0.753. The molecule has 0 amide bonds. The van der Waals surface area contributed by atoms with Crippen LogP contribution < -0.4 is 10.5 Å². The number of halogens is 1. The molecule has 1 fully saturated rings. The third-order valence-electron chi connectivity index (χ3n) is 7.07. The normalized spacial score (nSPS) is 26.3. The van der Waals surface area contributed by atoms with Crippen LogP contribution in [-0.4, -0.2) is 24.4 Å². The lowest BCUT2D eigenvalue weighted by Gasteiger charge is -2.26. The van der Waals surface area contributed by atoms with Crippen LogP contribution in [-0.2, 0) is 19.3 Å². The molecular weight excluding hydrogens is 365 g/mol. The second-order valence-corrected chi connectivity index (χ2v) is 9.07. The molecule has 156 valence electrons. The Hall–Kier alpha value is -1.91. The standard InChI is InChI=1S/C25H32FNO2/c1-29-24-18(3-2-4-23(24)26)7-5-17-6-8-20-14-21(10-9-19(20)13-17)22-11-12-25(27,15-22)16-28/h2-4,9-10,14,17,22,28H,5-8,11-13,15-16,27H2,1H3/t17?,22-,25+/m0/s1. The van der Waals surface area contributed by atoms with Crippen LogP contribution in [0.3, 0.4) is 0 Å². The van der Waals surface area contributed by atoms with Gasteiger partial charge in [-0.05, 0) is 91.5 Å². The van der Waals surface area contributed by atoms with Gasteiger partial charge in [0.25, 0.3) is 0 Å². The van der Waals surface area contributed by atoms with E-state index in [2.05, 4.69) is 18.2 Å². The van der Waals surface area contributed by atoms with E-state index in [0.29, 0.717) is 17.6 Å². The molecule has 3 atom stereocenters. The molecule has 0 spiro atoms. The number of hydrogen-bond acceptors (Lipinski definition) is 3. The van der Waals surface area contributed by atoms with Gasteiger partial charge in [0.05, 0.1) is 13.7 Å². The number of methoxy groups -OCH3 is 1. The van der Waals surface area contributed by atoms with Crippen LogP contribution in [0.15, 0.2) is 36.4 Å². The van der Waals surface area contributed by atoms with Crippen molar-refractivity contribution in [3.05, 3.63) is 64.5 Å². The predicted octanol–water partition coefficient (Wildman–Crippen LogP) is 4.53. The Balaban J connectivity index is 1.39. The maximum Gasteiger partial charge on any atom is 0.165 e. The van der Waals surface area contributed by atoms with Crippen molar-refractivity contribution >= 4 is 0 Å². The SMILES string of the molecule is COc1c(F)cccc1CCC1CCc2cc([C@H]3CC[C@](N)(CO)C3)ccc2C1. The first-order valence-electron chi connectivity index (χ1n) is 10.8. The van der Waals surface area contributed by atoms with Crippen LogP contribution in [0.4, 0.5) is 4.39 Å². The van der Waals surface area contributed by atoms with Crippen LogP contribution in [0, 0.1) is 11.7 Å². The molecule has 2 aliphatic rings. The summed E-state index contributed by atoms with van der Waals surface area (Å²) in [6.45, 7) is 0.0756. The fourth-order valence-electron chi connectivity index (χ4n) is 5.27. The third-order valence-corrected chi connectivity index (χ3v) is 7.07. The van der Waals surface area contributed by atoms with Crippen LogP contribution >= 0.6 is 0 Å². The molecular formula is C25H32FNO2. The number of ether oxygens (including phenoxy) is 1. The van der Waals surface area contributed by atoms with E-state index in [1.807, 2.05) is 6.07 Å². The lowest BCUT2D eigenvalue weighted by atomic mass is 9.79. The largest absolute Gasteiger partial charge is 0.493 e. The highest BCUT2D eigenvalue weighted by Gasteiger charge is 2.36. The summed E-state index contributed by atoms with van der Waals surface area (Å²) in [6.07, 6.45) is 8.11. The number of fused-ring (bicyclic) bond motifs is 1. The Kier molecular flexibility index (Phi) is 5.93. The van der Waals surface area contributed by atoms with Crippen LogP contribution in [0.5, 0.6) is 5.75 Å². The lowest BCUT2D eigenvalue weighted by molar-refractivity contribution is 0.198. The Morgan fingerprint density at radius 3 is 2.83 bits per heavy atom. The highest BCUT2D eigenvalue weighted by Crippen LogP contribution is 2.41. The van der Waals surface area contributed by atoms with E-state index in [0.717, 1.165) is 50.5 Å². The van der Waals surface area contributed by atoms with Gasteiger partial charge in [-0.2, -0.15) is 0 Å². The minimum absolute atomic E-state index is 0.0756. The molecule has 4 heteroatoms. The van der Waals surface area contributed by atoms with E-state index in [1.54, 1.807) is 6.07 Å². The number of aryl methyl sites for hydroxylation is 2. The van der Waals surface area contributed by atoms with Gasteiger partial charge in [0.15, 0.2) is 11.6 Å². The summed E-state index contributed by atoms with van der Waals surface area (Å²) in [5.74, 6) is 1.21. The second-order valence-electron chi connectivity index (χ2n) is 9.07. The Morgan fingerprint density at radius 1 is 1.21 bits per heavy atom. The Labute approximate surface area is 173 Å². The minimum Gasteiger partial charge on any atom is -0.493 e. The van der Waals surface area contributed by atoms with Gasteiger partial charge in [-0.1, -0.05) is 30.3 Å². The first-order chi connectivity index (χ1) is 14.0. The van der Waals surface area contributed by atoms with Gasteiger partial charge in [0.2, 0.25) is 0 Å². The molecule has 1 unspecified atom stereocenters. The number of rotatable bonds is 6. The zero-order valence-electron chi connectivity index (χ0n) is 17.3. The Bertz CT molecular complexity index is 868. The summed E-state index contributed by atoms with van der Waals surface area (Å²) < 4.78 is 19.2. The topological polar surface area (TPSA) is 55.5 Å². The van der Waals surface area contributed by atoms with Gasteiger partial charge < -0.3 is 15.6 Å². The first-order valence-corrected chi connectivity index (χ1v) is 10.8. The van der Waals surface area contributed by atoms with Crippen molar-refractivity contribution in [2.45, 2.75) is 62.8 Å². The number of benzene rings is 2. The second kappa shape index (κ2) is 8.45. The molecule has 2 aliphatic carbocycles. The van der Waals surface area contributed by atoms with Crippen molar-refractivity contribution in [1.82, 2.24) is 0 Å². The van der Waals surface area contributed by atoms with E-state index in [4.69, 9.17) is 10.5 Å². The molecule has 3 N–H and O–H groups in total. The number of aliphatic hydroxyl groups is 1. The molecule has 0 radical (unpaired) electrons. The van der Waals surface area contributed by atoms with Gasteiger partial charge >= 0.3 is 0 Å². The van der Waals surface area contributed by atoms with Crippen molar-refractivity contribution < 1.29 is 14.2 Å². The van der Waals surface area contributed by atoms with Crippen molar-refractivity contribution in [3.63, 3.8) is 0 Å². The average Bonchev–Trinajstić information content (AvgIpc) is 3.14. The highest BCUT2D eigenvalue weighted by atomic mass is 19.1. The van der Waals surface area contributed by atoms with Gasteiger partial charge in [0.1, 0.15) is 0 Å². The van der Waals surface area contributed by atoms with Gasteiger partial charge in [-0.25, -0.2) is 4.39 Å². The van der Waals surface area contributed by atoms with E-state index >= 15 is 0 Å². The molecule has 0 heterocycles. The van der Waals surface area contributed by atoms with Crippen molar-refractivity contribution in [1.29, 1.82) is 0 Å². The van der Waals surface area contributed by atoms with Crippen molar-refractivity contribution in [3.8, 4) is 5.75 Å². The van der Waals surface area contributed by atoms with E-state index < -0.39 is 5.54 Å². The fourth-order valence-corrected chi connectivity index (χ4v) is 5.27. The number of nitrogens with two attached hydrogens (primary N) is 1. The van der Waals surface area contributed by atoms with Crippen LogP contribution in [0.1, 0.15) is 60.3 Å². The molecule has 3 nitrogen and oxygen atoms in total. The average molecular weight is 398 g/mol. The van der Waals surface area contributed by atoms with Crippen LogP contribution in [0.25, 0.3) is 0 Å². The highest BCUT2D eigenvalue weighted by molar-refractivity contribution is 5.37. The first kappa shape index (κ1) is 20.4. The fraction of sp³-hybridized carbons (Fsp3) is 0.520. The molecule has 0 saturated heterocycles. The van der Waals surface area contributed by atoms with Gasteiger partial charge in [-0.3, -0.25) is 0 Å². The summed E-state index contributed by atoms with van der Waals surface area (Å²) in [4.78, 5) is 0. The number of para-hydroxylation sites is 1. The zero-order valence-corrected chi connectivity index (χ0v) is 17.3. The van der Waals surface area contributed by atoms with Crippen molar-refractivity contribution in [2.75, 3.05) is 13.7 Å². The maximum absolute atomic E-state index is 13.9. The monoisotopic (exact) mass is 397 g/mol. The Morgan fingerprint density at radius 2 is 2.07 bits per heavy atom. The smallest absolute Gasteiger partial charge is 0.165 e. The summed E-state index contributed by atoms with van der Waals surface area (Å²) in [6, 6.07) is 12.1. The zero-order chi connectivity index (χ0) is 20.4. The summed E-state index contributed by atoms with van der Waals surface area (Å²) in [5, 5.41) is 9.54. The molecule has 0 bridgehead atoms. The minimum atomic E-state index is -0.399. The van der Waals surface area contributed by atoms with Crippen LogP contribution in [0.2, 0.25) is 0 Å². The van der Waals surface area contributed by atoms with Gasteiger partial charge in [0, 0.05) is 5.54 Å². The maximum atomic E-state index is 13.9. The third kappa shape index (κ3) is 4.34. The molecule has 2 aromatic rings. The molecule has 29 heavy (non-hydrogen) atoms. The lowest BCUT2D eigenvalue weighted by Crippen LogP contribution is -2.40. The van der Waals surface area contributed by atoms with E-state index in [-0.39, 0.29) is 12.4 Å². The van der Waals surface area contributed by atoms with Crippen molar-refractivity contribution in [2.24, 2.45) is 11.7 Å².